The Kier molecular flexibility index (Phi) is 19.4. The number of ether oxygens (including phenoxy) is 1. The molecule has 0 saturated carbocycles. The second-order valence-corrected chi connectivity index (χ2v) is 19.3. The fourth-order valence-corrected chi connectivity index (χ4v) is 8.01. The van der Waals surface area contributed by atoms with E-state index in [0.717, 1.165) is 0 Å². The summed E-state index contributed by atoms with van der Waals surface area (Å²) in [5.74, 6) is -1.71. The number of halogens is 5. The van der Waals surface area contributed by atoms with Crippen molar-refractivity contribution in [2.24, 2.45) is 0 Å². The quantitative estimate of drug-likeness (QED) is 0.107. The molecule has 0 bridgehead atoms. The second kappa shape index (κ2) is 18.3. The summed E-state index contributed by atoms with van der Waals surface area (Å²) in [5, 5.41) is 0. The predicted molar refractivity (Wildman–Crippen MR) is 133 cm³/mol. The van der Waals surface area contributed by atoms with Gasteiger partial charge in [-0.1, -0.05) is 0 Å². The zero-order valence-electron chi connectivity index (χ0n) is 23.0. The molecular formula is C20H45F5O8Si3. The minimum absolute atomic E-state index is 0.209. The van der Waals surface area contributed by atoms with Gasteiger partial charge in [0, 0.05) is 67.6 Å². The summed E-state index contributed by atoms with van der Waals surface area (Å²) in [5.41, 5.74) is 0. The van der Waals surface area contributed by atoms with E-state index in [1.807, 2.05) is 19.6 Å². The van der Waals surface area contributed by atoms with Gasteiger partial charge in [-0.3, -0.25) is 9.13 Å². The lowest BCUT2D eigenvalue weighted by Crippen LogP contribution is -2.45. The van der Waals surface area contributed by atoms with Crippen LogP contribution in [0, 0.1) is 0 Å². The van der Waals surface area contributed by atoms with Gasteiger partial charge in [0.1, 0.15) is 0 Å². The van der Waals surface area contributed by atoms with Crippen LogP contribution in [0.2, 0.25) is 31.7 Å². The average molecular weight is 593 g/mol. The van der Waals surface area contributed by atoms with Crippen molar-refractivity contribution in [3.63, 3.8) is 0 Å². The minimum atomic E-state index is -4.62. The first kappa shape index (κ1) is 38.1. The van der Waals surface area contributed by atoms with Gasteiger partial charge >= 0.3 is 24.0 Å². The van der Waals surface area contributed by atoms with Crippen molar-refractivity contribution < 1.29 is 57.7 Å². The molecule has 0 N–H and O–H groups in total. The fraction of sp³-hybridized carbons (Fsp3) is 1.00. The Morgan fingerprint density at radius 1 is 0.611 bits per heavy atom. The van der Waals surface area contributed by atoms with Gasteiger partial charge in [-0.05, 0) is 38.9 Å². The van der Waals surface area contributed by atoms with E-state index in [2.05, 4.69) is 4.74 Å². The maximum atomic E-state index is 15.7. The molecule has 0 aliphatic carbocycles. The van der Waals surface area contributed by atoms with Crippen LogP contribution in [0.5, 0.6) is 0 Å². The lowest BCUT2D eigenvalue weighted by atomic mass is 10.1. The molecule has 0 spiro atoms. The van der Waals surface area contributed by atoms with Gasteiger partial charge in [0.2, 0.25) is 0 Å². The summed E-state index contributed by atoms with van der Waals surface area (Å²) in [4.78, 5) is 0. The van der Waals surface area contributed by atoms with Crippen LogP contribution >= 0.6 is 0 Å². The van der Waals surface area contributed by atoms with Crippen LogP contribution in [0.4, 0.5) is 22.0 Å². The first-order chi connectivity index (χ1) is 16.5. The molecule has 0 aromatic rings. The van der Waals surface area contributed by atoms with Crippen LogP contribution in [0.25, 0.3) is 0 Å². The minimum Gasteiger partial charge on any atom is -0.387 e. The van der Waals surface area contributed by atoms with Gasteiger partial charge in [0.05, 0.1) is 13.3 Å². The summed E-state index contributed by atoms with van der Waals surface area (Å²) >= 11 is 0. The summed E-state index contributed by atoms with van der Waals surface area (Å²) in [6, 6.07) is 1.06. The van der Waals surface area contributed by atoms with Gasteiger partial charge in [0.15, 0.2) is 14.2 Å². The van der Waals surface area contributed by atoms with Crippen molar-refractivity contribution in [1.29, 1.82) is 0 Å². The SMILES string of the molecule is CO[Si](CCCC(F)(CCC[Si](OC)(OC)OC)O[Si](C)(C)C)(OC)OC.FCCCOC(F)(F)F. The van der Waals surface area contributed by atoms with Gasteiger partial charge in [0.25, 0.3) is 0 Å². The van der Waals surface area contributed by atoms with Crippen LogP contribution in [0.15, 0.2) is 0 Å². The van der Waals surface area contributed by atoms with Crippen molar-refractivity contribution in [3.05, 3.63) is 0 Å². The Balaban J connectivity index is 0. The third-order valence-electron chi connectivity index (χ3n) is 4.96. The van der Waals surface area contributed by atoms with E-state index in [-0.39, 0.29) is 19.3 Å². The molecule has 8 nitrogen and oxygen atoms in total. The highest BCUT2D eigenvalue weighted by Crippen LogP contribution is 2.33. The van der Waals surface area contributed by atoms with Crippen molar-refractivity contribution in [2.75, 3.05) is 55.9 Å². The van der Waals surface area contributed by atoms with Crippen LogP contribution in [-0.2, 0) is 35.7 Å². The maximum absolute atomic E-state index is 15.7. The molecular weight excluding hydrogens is 547 g/mol. The number of hydrogen-bond acceptors (Lipinski definition) is 8. The topological polar surface area (TPSA) is 73.8 Å². The van der Waals surface area contributed by atoms with E-state index in [0.29, 0.717) is 24.9 Å². The summed E-state index contributed by atoms with van der Waals surface area (Å²) in [7, 11) is 1.85. The van der Waals surface area contributed by atoms with E-state index in [1.54, 1.807) is 42.7 Å². The molecule has 0 aliphatic rings. The molecule has 0 aliphatic heterocycles. The number of rotatable bonds is 19. The highest BCUT2D eigenvalue weighted by Gasteiger charge is 2.42. The first-order valence-corrected chi connectivity index (χ1v) is 18.8. The summed E-state index contributed by atoms with van der Waals surface area (Å²) in [6.07, 6.45) is -3.23. The highest BCUT2D eigenvalue weighted by molar-refractivity contribution is 6.69. The third-order valence-corrected chi connectivity index (χ3v) is 11.6. The smallest absolute Gasteiger partial charge is 0.387 e. The van der Waals surface area contributed by atoms with E-state index < -0.39 is 51.4 Å². The molecule has 0 heterocycles. The first-order valence-electron chi connectivity index (χ1n) is 11.5. The molecule has 0 unspecified atom stereocenters. The zero-order chi connectivity index (χ0) is 28.5. The predicted octanol–water partition coefficient (Wildman–Crippen LogP) is 5.70. The molecule has 0 saturated heterocycles. The van der Waals surface area contributed by atoms with Crippen molar-refractivity contribution in [3.8, 4) is 0 Å². The standard InChI is InChI=1S/C16H39FO7Si3.C4H6F4O/c1-18-26(19-2,20-3)14-10-12-16(17,24-25(7,8)9)13-11-15-27(21-4,22-5)23-6;5-2-1-3-9-4(6,7)8/h10-15H2,1-9H3;1-3H2. The zero-order valence-corrected chi connectivity index (χ0v) is 26.0. The molecule has 220 valence electrons. The Bertz CT molecular complexity index is 506. The van der Waals surface area contributed by atoms with Crippen LogP contribution in [-0.4, -0.2) is 94.1 Å². The lowest BCUT2D eigenvalue weighted by molar-refractivity contribution is -0.324. The number of hydrogen-bond donors (Lipinski definition) is 0. The summed E-state index contributed by atoms with van der Waals surface area (Å²) in [6.45, 7) is 4.57. The average Bonchev–Trinajstić information content (AvgIpc) is 2.79. The molecule has 16 heteroatoms. The lowest BCUT2D eigenvalue weighted by Gasteiger charge is -2.34. The van der Waals surface area contributed by atoms with Crippen molar-refractivity contribution in [1.82, 2.24) is 0 Å². The van der Waals surface area contributed by atoms with Gasteiger partial charge in [-0.25, -0.2) is 4.39 Å². The third kappa shape index (κ3) is 17.5. The normalized spacial score (nSPS) is 13.5. The van der Waals surface area contributed by atoms with E-state index in [1.165, 1.54) is 0 Å². The molecule has 0 amide bonds. The Hall–Kier alpha value is -0.0194. The van der Waals surface area contributed by atoms with Gasteiger partial charge < -0.3 is 31.0 Å². The van der Waals surface area contributed by atoms with Crippen LogP contribution in [0.1, 0.15) is 32.1 Å². The molecule has 0 fully saturated rings. The fourth-order valence-electron chi connectivity index (χ4n) is 3.27. The van der Waals surface area contributed by atoms with Gasteiger partial charge in [-0.2, -0.15) is 0 Å². The van der Waals surface area contributed by atoms with E-state index in [9.17, 15) is 17.6 Å². The highest BCUT2D eigenvalue weighted by atomic mass is 28.4. The molecule has 0 atom stereocenters. The molecule has 0 aromatic carbocycles. The van der Waals surface area contributed by atoms with E-state index >= 15 is 4.39 Å². The Morgan fingerprint density at radius 3 is 1.22 bits per heavy atom. The van der Waals surface area contributed by atoms with Crippen molar-refractivity contribution in [2.45, 2.75) is 76.1 Å². The largest absolute Gasteiger partial charge is 0.522 e. The second-order valence-electron chi connectivity index (χ2n) is 8.73. The Labute approximate surface area is 215 Å². The monoisotopic (exact) mass is 592 g/mol. The molecule has 0 radical (unpaired) electrons. The summed E-state index contributed by atoms with van der Waals surface area (Å²) < 4.78 is 102. The molecule has 0 rings (SSSR count). The molecule has 36 heavy (non-hydrogen) atoms. The molecule has 0 aromatic heterocycles. The Morgan fingerprint density at radius 2 is 0.972 bits per heavy atom. The van der Waals surface area contributed by atoms with Crippen LogP contribution in [0.3, 0.4) is 0 Å². The van der Waals surface area contributed by atoms with E-state index in [4.69, 9.17) is 31.0 Å². The maximum Gasteiger partial charge on any atom is 0.522 e. The van der Waals surface area contributed by atoms with Gasteiger partial charge in [-0.15, -0.1) is 13.2 Å². The van der Waals surface area contributed by atoms with Crippen LogP contribution < -0.4 is 0 Å². The number of alkyl halides is 5. The van der Waals surface area contributed by atoms with Crippen molar-refractivity contribution >= 4 is 25.9 Å².